The molecule has 19 heavy (non-hydrogen) atoms. The molecule has 6 heteroatoms. The van der Waals surface area contributed by atoms with Crippen LogP contribution < -0.4 is 10.6 Å². The summed E-state index contributed by atoms with van der Waals surface area (Å²) in [5, 5.41) is 9.27. The molecule has 98 valence electrons. The first-order valence-electron chi connectivity index (χ1n) is 6.15. The first-order chi connectivity index (χ1) is 9.31. The van der Waals surface area contributed by atoms with Crippen LogP contribution in [0.4, 0.5) is 5.82 Å². The van der Waals surface area contributed by atoms with Crippen molar-refractivity contribution in [2.45, 2.75) is 18.8 Å². The Morgan fingerprint density at radius 3 is 3.11 bits per heavy atom. The smallest absolute Gasteiger partial charge is 0.135 e. The zero-order valence-electron chi connectivity index (χ0n) is 10.6. The first-order valence-corrected chi connectivity index (χ1v) is 7.10. The molecular formula is C13H15N5S. The fourth-order valence-corrected chi connectivity index (χ4v) is 2.99. The molecule has 2 aromatic heterocycles. The topological polar surface area (TPSA) is 70.8 Å². The van der Waals surface area contributed by atoms with Crippen LogP contribution >= 0.6 is 11.8 Å². The summed E-state index contributed by atoms with van der Waals surface area (Å²) >= 11 is 1.59. The molecule has 1 unspecified atom stereocenters. The lowest BCUT2D eigenvalue weighted by molar-refractivity contribution is 0.912. The standard InChI is InChI=1S/C13H15N5S/c1-2-10-9(7-16-17-10)11-8-19-13(14)18(11)12-5-3-4-6-15-12/h3-8,13H,2,14H2,1H3,(H,16,17). The third kappa shape index (κ3) is 2.13. The molecule has 3 N–H and O–H groups in total. The molecule has 0 bridgehead atoms. The molecule has 1 atom stereocenters. The summed E-state index contributed by atoms with van der Waals surface area (Å²) in [7, 11) is 0. The lowest BCUT2D eigenvalue weighted by atomic mass is 10.1. The SMILES string of the molecule is CCc1n[nH]cc1C1=CSC(N)N1c1ccccn1. The van der Waals surface area contributed by atoms with Gasteiger partial charge in [0, 0.05) is 18.0 Å². The molecule has 3 rings (SSSR count). The number of anilines is 1. The second kappa shape index (κ2) is 5.07. The van der Waals surface area contributed by atoms with Gasteiger partial charge in [-0.15, -0.1) is 0 Å². The number of H-pyrrole nitrogens is 1. The highest BCUT2D eigenvalue weighted by Crippen LogP contribution is 2.38. The van der Waals surface area contributed by atoms with Crippen LogP contribution in [0, 0.1) is 0 Å². The van der Waals surface area contributed by atoms with Crippen LogP contribution in [0.3, 0.4) is 0 Å². The van der Waals surface area contributed by atoms with Gasteiger partial charge in [-0.2, -0.15) is 5.10 Å². The maximum absolute atomic E-state index is 6.17. The Morgan fingerprint density at radius 2 is 2.37 bits per heavy atom. The molecule has 0 aromatic carbocycles. The molecule has 0 amide bonds. The summed E-state index contributed by atoms with van der Waals surface area (Å²) in [5.74, 6) is 0.856. The minimum Gasteiger partial charge on any atom is -0.302 e. The van der Waals surface area contributed by atoms with Gasteiger partial charge in [-0.25, -0.2) is 4.98 Å². The normalized spacial score (nSPS) is 18.7. The van der Waals surface area contributed by atoms with E-state index in [1.807, 2.05) is 29.3 Å². The molecular weight excluding hydrogens is 258 g/mol. The lowest BCUT2D eigenvalue weighted by Gasteiger charge is -2.25. The molecule has 2 aromatic rings. The lowest BCUT2D eigenvalue weighted by Crippen LogP contribution is -2.35. The van der Waals surface area contributed by atoms with E-state index < -0.39 is 0 Å². The van der Waals surface area contributed by atoms with Gasteiger partial charge in [-0.1, -0.05) is 24.8 Å². The second-order valence-electron chi connectivity index (χ2n) is 4.19. The summed E-state index contributed by atoms with van der Waals surface area (Å²) in [4.78, 5) is 6.42. The van der Waals surface area contributed by atoms with Gasteiger partial charge in [0.15, 0.2) is 0 Å². The van der Waals surface area contributed by atoms with Gasteiger partial charge in [0.25, 0.3) is 0 Å². The van der Waals surface area contributed by atoms with Gasteiger partial charge >= 0.3 is 0 Å². The van der Waals surface area contributed by atoms with Crippen molar-refractivity contribution >= 4 is 23.3 Å². The van der Waals surface area contributed by atoms with Crippen LogP contribution in [0.5, 0.6) is 0 Å². The highest BCUT2D eigenvalue weighted by molar-refractivity contribution is 8.03. The van der Waals surface area contributed by atoms with Gasteiger partial charge in [-0.3, -0.25) is 10.00 Å². The molecule has 3 heterocycles. The third-order valence-corrected chi connectivity index (χ3v) is 3.91. The van der Waals surface area contributed by atoms with Crippen molar-refractivity contribution in [3.8, 4) is 0 Å². The predicted molar refractivity (Wildman–Crippen MR) is 78.2 cm³/mol. The van der Waals surface area contributed by atoms with E-state index in [-0.39, 0.29) is 5.50 Å². The molecule has 0 spiro atoms. The van der Waals surface area contributed by atoms with Gasteiger partial charge in [-0.05, 0) is 24.0 Å². The number of hydrogen-bond donors (Lipinski definition) is 2. The zero-order chi connectivity index (χ0) is 13.2. The van der Waals surface area contributed by atoms with E-state index in [1.54, 1.807) is 18.0 Å². The summed E-state index contributed by atoms with van der Waals surface area (Å²) in [5.41, 5.74) is 9.21. The quantitative estimate of drug-likeness (QED) is 0.896. The number of nitrogens with two attached hydrogens (primary N) is 1. The number of hydrogen-bond acceptors (Lipinski definition) is 5. The molecule has 0 fully saturated rings. The maximum Gasteiger partial charge on any atom is 0.135 e. The summed E-state index contributed by atoms with van der Waals surface area (Å²) in [6.45, 7) is 2.09. The Hall–Kier alpha value is -1.79. The zero-order valence-corrected chi connectivity index (χ0v) is 11.4. The van der Waals surface area contributed by atoms with Crippen LogP contribution in [0.15, 0.2) is 36.0 Å². The Labute approximate surface area is 115 Å². The van der Waals surface area contributed by atoms with E-state index in [4.69, 9.17) is 5.73 Å². The average molecular weight is 273 g/mol. The van der Waals surface area contributed by atoms with Crippen molar-refractivity contribution in [1.82, 2.24) is 15.2 Å². The van der Waals surface area contributed by atoms with Crippen molar-refractivity contribution in [3.63, 3.8) is 0 Å². The predicted octanol–water partition coefficient (Wildman–Crippen LogP) is 2.16. The highest BCUT2D eigenvalue weighted by Gasteiger charge is 2.28. The fraction of sp³-hybridized carbons (Fsp3) is 0.231. The van der Waals surface area contributed by atoms with Crippen molar-refractivity contribution in [1.29, 1.82) is 0 Å². The van der Waals surface area contributed by atoms with E-state index in [9.17, 15) is 0 Å². The van der Waals surface area contributed by atoms with E-state index in [2.05, 4.69) is 27.5 Å². The van der Waals surface area contributed by atoms with Crippen molar-refractivity contribution in [3.05, 3.63) is 47.3 Å². The number of nitrogens with zero attached hydrogens (tertiary/aromatic N) is 3. The molecule has 1 aliphatic heterocycles. The monoisotopic (exact) mass is 273 g/mol. The molecule has 0 radical (unpaired) electrons. The number of aromatic nitrogens is 3. The number of thioether (sulfide) groups is 1. The van der Waals surface area contributed by atoms with Crippen molar-refractivity contribution in [2.75, 3.05) is 4.90 Å². The number of nitrogens with one attached hydrogen (secondary N) is 1. The van der Waals surface area contributed by atoms with Crippen LogP contribution in [-0.4, -0.2) is 20.7 Å². The maximum atomic E-state index is 6.17. The Morgan fingerprint density at radius 1 is 1.47 bits per heavy atom. The Kier molecular flexibility index (Phi) is 3.27. The first kappa shape index (κ1) is 12.3. The molecule has 0 saturated heterocycles. The van der Waals surface area contributed by atoms with Gasteiger partial charge < -0.3 is 5.73 Å². The van der Waals surface area contributed by atoms with Crippen molar-refractivity contribution < 1.29 is 0 Å². The van der Waals surface area contributed by atoms with E-state index in [0.29, 0.717) is 0 Å². The number of aromatic amines is 1. The summed E-state index contributed by atoms with van der Waals surface area (Å²) < 4.78 is 0. The second-order valence-corrected chi connectivity index (χ2v) is 5.18. The van der Waals surface area contributed by atoms with Gasteiger partial charge in [0.2, 0.25) is 0 Å². The van der Waals surface area contributed by atoms with Gasteiger partial charge in [0.1, 0.15) is 11.3 Å². The number of pyridine rings is 1. The highest BCUT2D eigenvalue weighted by atomic mass is 32.2. The molecule has 0 aliphatic carbocycles. The van der Waals surface area contributed by atoms with Crippen LogP contribution in [0.2, 0.25) is 0 Å². The summed E-state index contributed by atoms with van der Waals surface area (Å²) in [6, 6.07) is 5.83. The number of aryl methyl sites for hydroxylation is 1. The van der Waals surface area contributed by atoms with Gasteiger partial charge in [0.05, 0.1) is 11.4 Å². The Balaban J connectivity index is 2.02. The van der Waals surface area contributed by atoms with Crippen LogP contribution in [-0.2, 0) is 6.42 Å². The minimum absolute atomic E-state index is 0.149. The van der Waals surface area contributed by atoms with Crippen LogP contribution in [0.1, 0.15) is 18.2 Å². The molecule has 1 aliphatic rings. The third-order valence-electron chi connectivity index (χ3n) is 3.06. The molecule has 5 nitrogen and oxygen atoms in total. The average Bonchev–Trinajstić information content (AvgIpc) is 3.05. The molecule has 0 saturated carbocycles. The fourth-order valence-electron chi connectivity index (χ4n) is 2.14. The van der Waals surface area contributed by atoms with Crippen molar-refractivity contribution in [2.24, 2.45) is 5.73 Å². The van der Waals surface area contributed by atoms with E-state index >= 15 is 0 Å². The number of rotatable bonds is 3. The van der Waals surface area contributed by atoms with Crippen LogP contribution in [0.25, 0.3) is 5.70 Å². The summed E-state index contributed by atoms with van der Waals surface area (Å²) in [6.07, 6.45) is 4.57. The Bertz CT molecular complexity index is 592. The van der Waals surface area contributed by atoms with E-state index in [0.717, 1.165) is 29.2 Å². The van der Waals surface area contributed by atoms with E-state index in [1.165, 1.54) is 0 Å². The minimum atomic E-state index is -0.149. The largest absolute Gasteiger partial charge is 0.302 e.